The second-order valence-corrected chi connectivity index (χ2v) is 4.85. The van der Waals surface area contributed by atoms with Gasteiger partial charge in [0.2, 0.25) is 0 Å². The van der Waals surface area contributed by atoms with Crippen LogP contribution in [0.1, 0.15) is 11.1 Å². The normalized spacial score (nSPS) is 11.7. The third-order valence-electron chi connectivity index (χ3n) is 2.94. The summed E-state index contributed by atoms with van der Waals surface area (Å²) in [5, 5.41) is 3.55. The highest BCUT2D eigenvalue weighted by molar-refractivity contribution is 6.30. The molecule has 0 aliphatic carbocycles. The average Bonchev–Trinajstić information content (AvgIpc) is 2.38. The maximum Gasteiger partial charge on any atom is 0.416 e. The summed E-state index contributed by atoms with van der Waals surface area (Å²) in [6, 6.07) is 10.5. The van der Waals surface area contributed by atoms with Gasteiger partial charge in [0.1, 0.15) is 0 Å². The first-order valence-electron chi connectivity index (χ1n) is 6.02. The van der Waals surface area contributed by atoms with Crippen LogP contribution in [-0.4, -0.2) is 7.05 Å². The zero-order valence-corrected chi connectivity index (χ0v) is 11.5. The standard InChI is InChI=1S/C15H13ClF3N/c1-20-9-11-8-13(16)5-6-14(11)10-3-2-4-12(7-10)15(17,18)19/h2-8,20H,9H2,1H3. The Bertz CT molecular complexity index is 608. The number of alkyl halides is 3. The van der Waals surface area contributed by atoms with Crippen LogP contribution in [0.3, 0.4) is 0 Å². The Balaban J connectivity index is 2.51. The van der Waals surface area contributed by atoms with Crippen molar-refractivity contribution in [2.45, 2.75) is 12.7 Å². The highest BCUT2D eigenvalue weighted by atomic mass is 35.5. The summed E-state index contributed by atoms with van der Waals surface area (Å²) in [5.41, 5.74) is 1.48. The summed E-state index contributed by atoms with van der Waals surface area (Å²) in [6.07, 6.45) is -4.34. The zero-order chi connectivity index (χ0) is 14.8. The van der Waals surface area contributed by atoms with Gasteiger partial charge in [-0.3, -0.25) is 0 Å². The molecule has 5 heteroatoms. The molecule has 0 fully saturated rings. The number of hydrogen-bond acceptors (Lipinski definition) is 1. The first-order valence-corrected chi connectivity index (χ1v) is 6.40. The van der Waals surface area contributed by atoms with Crippen molar-refractivity contribution in [3.8, 4) is 11.1 Å². The lowest BCUT2D eigenvalue weighted by Crippen LogP contribution is -2.07. The maximum atomic E-state index is 12.8. The molecule has 0 aliphatic heterocycles. The number of benzene rings is 2. The first-order chi connectivity index (χ1) is 9.41. The van der Waals surface area contributed by atoms with E-state index < -0.39 is 11.7 Å². The van der Waals surface area contributed by atoms with Gasteiger partial charge in [-0.2, -0.15) is 13.2 Å². The molecule has 1 nitrogen and oxygen atoms in total. The second-order valence-electron chi connectivity index (χ2n) is 4.41. The Morgan fingerprint density at radius 3 is 2.50 bits per heavy atom. The third-order valence-corrected chi connectivity index (χ3v) is 3.17. The van der Waals surface area contributed by atoms with Gasteiger partial charge in [-0.15, -0.1) is 0 Å². The van der Waals surface area contributed by atoms with Gasteiger partial charge in [0.15, 0.2) is 0 Å². The topological polar surface area (TPSA) is 12.0 Å². The Hall–Kier alpha value is -1.52. The van der Waals surface area contributed by atoms with Crippen molar-refractivity contribution in [2.75, 3.05) is 7.05 Å². The van der Waals surface area contributed by atoms with Gasteiger partial charge < -0.3 is 5.32 Å². The van der Waals surface area contributed by atoms with E-state index in [0.717, 1.165) is 23.3 Å². The molecule has 0 spiro atoms. The summed E-state index contributed by atoms with van der Waals surface area (Å²) in [5.74, 6) is 0. The minimum absolute atomic E-state index is 0.529. The van der Waals surface area contributed by atoms with E-state index >= 15 is 0 Å². The monoisotopic (exact) mass is 299 g/mol. The molecule has 0 bridgehead atoms. The fourth-order valence-corrected chi connectivity index (χ4v) is 2.24. The summed E-state index contributed by atoms with van der Waals surface area (Å²) < 4.78 is 38.3. The van der Waals surface area contributed by atoms with Gasteiger partial charge in [-0.25, -0.2) is 0 Å². The minimum atomic E-state index is -4.34. The molecule has 106 valence electrons. The van der Waals surface area contributed by atoms with E-state index in [4.69, 9.17) is 11.6 Å². The van der Waals surface area contributed by atoms with Crippen molar-refractivity contribution >= 4 is 11.6 Å². The smallest absolute Gasteiger partial charge is 0.316 e. The predicted octanol–water partition coefficient (Wildman–Crippen LogP) is 4.75. The van der Waals surface area contributed by atoms with Crippen LogP contribution in [0, 0.1) is 0 Å². The Labute approximate surface area is 120 Å². The van der Waals surface area contributed by atoms with Crippen LogP contribution in [0.4, 0.5) is 13.2 Å². The largest absolute Gasteiger partial charge is 0.416 e. The lowest BCUT2D eigenvalue weighted by molar-refractivity contribution is -0.137. The van der Waals surface area contributed by atoms with Gasteiger partial charge in [0.05, 0.1) is 5.56 Å². The fraction of sp³-hybridized carbons (Fsp3) is 0.200. The van der Waals surface area contributed by atoms with Gasteiger partial charge >= 0.3 is 6.18 Å². The minimum Gasteiger partial charge on any atom is -0.316 e. The predicted molar refractivity (Wildman–Crippen MR) is 74.7 cm³/mol. The highest BCUT2D eigenvalue weighted by Crippen LogP contribution is 2.33. The molecule has 0 saturated heterocycles. The van der Waals surface area contributed by atoms with Gasteiger partial charge in [0, 0.05) is 11.6 Å². The first kappa shape index (κ1) is 14.9. The molecule has 2 aromatic carbocycles. The molecule has 1 N–H and O–H groups in total. The Morgan fingerprint density at radius 2 is 1.85 bits per heavy atom. The Morgan fingerprint density at radius 1 is 1.10 bits per heavy atom. The van der Waals surface area contributed by atoms with Gasteiger partial charge in [0.25, 0.3) is 0 Å². The van der Waals surface area contributed by atoms with Gasteiger partial charge in [-0.1, -0.05) is 29.8 Å². The number of hydrogen-bond donors (Lipinski definition) is 1. The molecule has 0 aliphatic rings. The van der Waals surface area contributed by atoms with Crippen LogP contribution in [-0.2, 0) is 12.7 Å². The molecule has 0 heterocycles. The molecular weight excluding hydrogens is 287 g/mol. The number of rotatable bonds is 3. The molecular formula is C15H13ClF3N. The molecule has 20 heavy (non-hydrogen) atoms. The third kappa shape index (κ3) is 3.32. The van der Waals surface area contributed by atoms with Crippen LogP contribution >= 0.6 is 11.6 Å². The van der Waals surface area contributed by atoms with Crippen LogP contribution in [0.15, 0.2) is 42.5 Å². The lowest BCUT2D eigenvalue weighted by Gasteiger charge is -2.12. The number of halogens is 4. The van der Waals surface area contributed by atoms with E-state index in [2.05, 4.69) is 5.32 Å². The quantitative estimate of drug-likeness (QED) is 0.863. The van der Waals surface area contributed by atoms with Crippen molar-refractivity contribution < 1.29 is 13.2 Å². The van der Waals surface area contributed by atoms with Crippen LogP contribution in [0.25, 0.3) is 11.1 Å². The fourth-order valence-electron chi connectivity index (χ4n) is 2.04. The van der Waals surface area contributed by atoms with Crippen molar-refractivity contribution in [3.63, 3.8) is 0 Å². The van der Waals surface area contributed by atoms with E-state index in [1.54, 1.807) is 31.3 Å². The zero-order valence-electron chi connectivity index (χ0n) is 10.8. The van der Waals surface area contributed by atoms with Crippen LogP contribution < -0.4 is 5.32 Å². The summed E-state index contributed by atoms with van der Waals surface area (Å²) in [7, 11) is 1.77. The molecule has 2 rings (SSSR count). The van der Waals surface area contributed by atoms with Crippen LogP contribution in [0.2, 0.25) is 5.02 Å². The molecule has 0 unspecified atom stereocenters. The second kappa shape index (κ2) is 5.85. The lowest BCUT2D eigenvalue weighted by atomic mass is 9.98. The maximum absolute atomic E-state index is 12.8. The molecule has 0 atom stereocenters. The molecule has 2 aromatic rings. The molecule has 0 amide bonds. The van der Waals surface area contributed by atoms with Crippen molar-refractivity contribution in [3.05, 3.63) is 58.6 Å². The van der Waals surface area contributed by atoms with Crippen molar-refractivity contribution in [1.29, 1.82) is 0 Å². The summed E-state index contributed by atoms with van der Waals surface area (Å²) in [4.78, 5) is 0. The molecule has 0 saturated carbocycles. The van der Waals surface area contributed by atoms with E-state index in [9.17, 15) is 13.2 Å². The van der Waals surface area contributed by atoms with Crippen LogP contribution in [0.5, 0.6) is 0 Å². The SMILES string of the molecule is CNCc1cc(Cl)ccc1-c1cccc(C(F)(F)F)c1. The Kier molecular flexibility index (Phi) is 4.35. The van der Waals surface area contributed by atoms with Crippen molar-refractivity contribution in [1.82, 2.24) is 5.32 Å². The molecule has 0 aromatic heterocycles. The summed E-state index contributed by atoms with van der Waals surface area (Å²) in [6.45, 7) is 0.534. The highest BCUT2D eigenvalue weighted by Gasteiger charge is 2.30. The molecule has 0 radical (unpaired) electrons. The van der Waals surface area contributed by atoms with E-state index in [1.165, 1.54) is 6.07 Å². The average molecular weight is 300 g/mol. The number of nitrogens with one attached hydrogen (secondary N) is 1. The van der Waals surface area contributed by atoms with E-state index in [-0.39, 0.29) is 0 Å². The van der Waals surface area contributed by atoms with Gasteiger partial charge in [-0.05, 0) is 48.0 Å². The van der Waals surface area contributed by atoms with E-state index in [1.807, 2.05) is 0 Å². The summed E-state index contributed by atoms with van der Waals surface area (Å²) >= 11 is 5.94. The van der Waals surface area contributed by atoms with Crippen molar-refractivity contribution in [2.24, 2.45) is 0 Å². The van der Waals surface area contributed by atoms with E-state index in [0.29, 0.717) is 17.1 Å².